The van der Waals surface area contributed by atoms with Gasteiger partial charge in [0.2, 0.25) is 5.91 Å². The summed E-state index contributed by atoms with van der Waals surface area (Å²) in [6.07, 6.45) is 1.93. The number of benzene rings is 1. The molecule has 1 aromatic rings. The van der Waals surface area contributed by atoms with E-state index in [1.165, 1.54) is 12.1 Å². The predicted octanol–water partition coefficient (Wildman–Crippen LogP) is 1.79. The molecule has 1 heterocycles. The molecule has 1 N–H and O–H groups in total. The molecule has 4 heteroatoms. The minimum Gasteiger partial charge on any atom is -0.316 e. The van der Waals surface area contributed by atoms with Crippen LogP contribution in [0.15, 0.2) is 24.3 Å². The van der Waals surface area contributed by atoms with Crippen molar-refractivity contribution in [3.05, 3.63) is 30.1 Å². The zero-order valence-electron chi connectivity index (χ0n) is 9.95. The quantitative estimate of drug-likeness (QED) is 0.849. The van der Waals surface area contributed by atoms with Crippen molar-refractivity contribution in [1.29, 1.82) is 0 Å². The summed E-state index contributed by atoms with van der Waals surface area (Å²) >= 11 is 0. The number of anilines is 1. The molecule has 0 spiro atoms. The van der Waals surface area contributed by atoms with Crippen molar-refractivity contribution in [2.24, 2.45) is 5.92 Å². The highest BCUT2D eigenvalue weighted by Crippen LogP contribution is 2.19. The van der Waals surface area contributed by atoms with Crippen LogP contribution in [0.4, 0.5) is 10.1 Å². The lowest BCUT2D eigenvalue weighted by Crippen LogP contribution is -2.41. The molecule has 0 aromatic heterocycles. The minimum atomic E-state index is -0.316. The van der Waals surface area contributed by atoms with Gasteiger partial charge < -0.3 is 10.2 Å². The lowest BCUT2D eigenvalue weighted by Gasteiger charge is -2.27. The summed E-state index contributed by atoms with van der Waals surface area (Å²) in [4.78, 5) is 13.7. The van der Waals surface area contributed by atoms with E-state index in [2.05, 4.69) is 5.32 Å². The summed E-state index contributed by atoms with van der Waals surface area (Å²) in [6.45, 7) is 1.70. The van der Waals surface area contributed by atoms with Crippen LogP contribution in [-0.4, -0.2) is 26.0 Å². The first-order valence-electron chi connectivity index (χ1n) is 5.92. The van der Waals surface area contributed by atoms with Crippen molar-refractivity contribution in [3.63, 3.8) is 0 Å². The van der Waals surface area contributed by atoms with Crippen LogP contribution >= 0.6 is 0 Å². The van der Waals surface area contributed by atoms with E-state index < -0.39 is 0 Å². The van der Waals surface area contributed by atoms with Gasteiger partial charge in [-0.2, -0.15) is 0 Å². The number of halogens is 1. The third-order valence-corrected chi connectivity index (χ3v) is 3.17. The molecule has 1 aliphatic rings. The second-order valence-corrected chi connectivity index (χ2v) is 4.42. The molecule has 1 amide bonds. The normalized spacial score (nSPS) is 20.0. The second kappa shape index (κ2) is 5.27. The van der Waals surface area contributed by atoms with Crippen LogP contribution in [0.25, 0.3) is 0 Å². The number of nitrogens with one attached hydrogen (secondary N) is 1. The number of carbonyl (C=O) groups is 1. The number of amides is 1. The molecular formula is C13H17FN2O. The van der Waals surface area contributed by atoms with E-state index in [-0.39, 0.29) is 17.6 Å². The number of hydrogen-bond donors (Lipinski definition) is 1. The molecule has 0 radical (unpaired) electrons. The first-order valence-corrected chi connectivity index (χ1v) is 5.92. The van der Waals surface area contributed by atoms with Crippen LogP contribution in [0.2, 0.25) is 0 Å². The van der Waals surface area contributed by atoms with E-state index in [9.17, 15) is 9.18 Å². The first-order chi connectivity index (χ1) is 8.18. The van der Waals surface area contributed by atoms with Gasteiger partial charge in [-0.25, -0.2) is 4.39 Å². The number of piperidine rings is 1. The average molecular weight is 236 g/mol. The Morgan fingerprint density at radius 3 is 3.00 bits per heavy atom. The highest BCUT2D eigenvalue weighted by atomic mass is 19.1. The maximum absolute atomic E-state index is 13.1. The number of rotatable bonds is 2. The third-order valence-electron chi connectivity index (χ3n) is 3.17. The van der Waals surface area contributed by atoms with Gasteiger partial charge in [-0.3, -0.25) is 4.79 Å². The summed E-state index contributed by atoms with van der Waals surface area (Å²) in [5.74, 6) is -0.247. The van der Waals surface area contributed by atoms with E-state index >= 15 is 0 Å². The SMILES string of the molecule is CN(C(=O)[C@@H]1CCCNC1)c1cccc(F)c1. The molecular weight excluding hydrogens is 219 g/mol. The van der Waals surface area contributed by atoms with Crippen molar-refractivity contribution in [1.82, 2.24) is 5.32 Å². The Morgan fingerprint density at radius 2 is 2.35 bits per heavy atom. The fraction of sp³-hybridized carbons (Fsp3) is 0.462. The number of hydrogen-bond acceptors (Lipinski definition) is 2. The van der Waals surface area contributed by atoms with E-state index in [1.807, 2.05) is 0 Å². The molecule has 1 aliphatic heterocycles. The Labute approximate surface area is 101 Å². The van der Waals surface area contributed by atoms with Gasteiger partial charge in [-0.05, 0) is 37.6 Å². The topological polar surface area (TPSA) is 32.3 Å². The Balaban J connectivity index is 2.08. The van der Waals surface area contributed by atoms with Crippen molar-refractivity contribution < 1.29 is 9.18 Å². The lowest BCUT2D eigenvalue weighted by molar-refractivity contribution is -0.122. The Hall–Kier alpha value is -1.42. The summed E-state index contributed by atoms with van der Waals surface area (Å²) in [7, 11) is 1.70. The van der Waals surface area contributed by atoms with Gasteiger partial charge >= 0.3 is 0 Å². The van der Waals surface area contributed by atoms with Crippen LogP contribution in [0.1, 0.15) is 12.8 Å². The van der Waals surface area contributed by atoms with Crippen LogP contribution in [0.5, 0.6) is 0 Å². The molecule has 0 saturated carbocycles. The van der Waals surface area contributed by atoms with E-state index in [1.54, 1.807) is 24.1 Å². The smallest absolute Gasteiger partial charge is 0.231 e. The monoisotopic (exact) mass is 236 g/mol. The van der Waals surface area contributed by atoms with Crippen LogP contribution in [-0.2, 0) is 4.79 Å². The largest absolute Gasteiger partial charge is 0.316 e. The first kappa shape index (κ1) is 12.0. The van der Waals surface area contributed by atoms with Gasteiger partial charge in [0.15, 0.2) is 0 Å². The fourth-order valence-electron chi connectivity index (χ4n) is 2.15. The maximum Gasteiger partial charge on any atom is 0.231 e. The zero-order valence-corrected chi connectivity index (χ0v) is 9.95. The molecule has 1 saturated heterocycles. The van der Waals surface area contributed by atoms with Gasteiger partial charge in [0.1, 0.15) is 5.82 Å². The summed E-state index contributed by atoms with van der Waals surface area (Å²) < 4.78 is 13.1. The minimum absolute atomic E-state index is 0.0111. The van der Waals surface area contributed by atoms with Crippen molar-refractivity contribution >= 4 is 11.6 Å². The van der Waals surface area contributed by atoms with Crippen LogP contribution in [0.3, 0.4) is 0 Å². The molecule has 92 valence electrons. The summed E-state index contributed by atoms with van der Waals surface area (Å²) in [5.41, 5.74) is 0.612. The molecule has 0 aliphatic carbocycles. The number of nitrogens with zero attached hydrogens (tertiary/aromatic N) is 1. The summed E-state index contributed by atoms with van der Waals surface area (Å²) in [6, 6.07) is 6.13. The molecule has 1 atom stereocenters. The average Bonchev–Trinajstić information content (AvgIpc) is 2.38. The molecule has 0 bridgehead atoms. The van der Waals surface area contributed by atoms with Crippen molar-refractivity contribution in [2.45, 2.75) is 12.8 Å². The van der Waals surface area contributed by atoms with Gasteiger partial charge in [0.05, 0.1) is 5.92 Å². The molecule has 2 rings (SSSR count). The lowest BCUT2D eigenvalue weighted by atomic mass is 9.98. The van der Waals surface area contributed by atoms with Crippen molar-refractivity contribution in [3.8, 4) is 0 Å². The molecule has 1 aromatic carbocycles. The maximum atomic E-state index is 13.1. The van der Waals surface area contributed by atoms with E-state index in [0.29, 0.717) is 5.69 Å². The standard InChI is InChI=1S/C13H17FN2O/c1-16(12-6-2-5-11(14)8-12)13(17)10-4-3-7-15-9-10/h2,5-6,8,10,15H,3-4,7,9H2,1H3/t10-/m1/s1. The van der Waals surface area contributed by atoms with Gasteiger partial charge in [0, 0.05) is 19.3 Å². The van der Waals surface area contributed by atoms with Crippen LogP contribution < -0.4 is 10.2 Å². The molecule has 3 nitrogen and oxygen atoms in total. The van der Waals surface area contributed by atoms with Gasteiger partial charge in [-0.15, -0.1) is 0 Å². The molecule has 1 fully saturated rings. The van der Waals surface area contributed by atoms with E-state index in [0.717, 1.165) is 25.9 Å². The number of carbonyl (C=O) groups excluding carboxylic acids is 1. The highest BCUT2D eigenvalue weighted by molar-refractivity contribution is 5.94. The van der Waals surface area contributed by atoms with Gasteiger partial charge in [-0.1, -0.05) is 6.07 Å². The Bertz CT molecular complexity index is 402. The van der Waals surface area contributed by atoms with Crippen LogP contribution in [0, 0.1) is 11.7 Å². The molecule has 17 heavy (non-hydrogen) atoms. The highest BCUT2D eigenvalue weighted by Gasteiger charge is 2.24. The summed E-state index contributed by atoms with van der Waals surface area (Å²) in [5, 5.41) is 3.21. The Morgan fingerprint density at radius 1 is 1.53 bits per heavy atom. The van der Waals surface area contributed by atoms with Gasteiger partial charge in [0.25, 0.3) is 0 Å². The Kier molecular flexibility index (Phi) is 3.74. The predicted molar refractivity (Wildman–Crippen MR) is 65.4 cm³/mol. The fourth-order valence-corrected chi connectivity index (χ4v) is 2.15. The second-order valence-electron chi connectivity index (χ2n) is 4.42. The zero-order chi connectivity index (χ0) is 12.3. The van der Waals surface area contributed by atoms with E-state index in [4.69, 9.17) is 0 Å². The third kappa shape index (κ3) is 2.82. The van der Waals surface area contributed by atoms with Crippen molar-refractivity contribution in [2.75, 3.05) is 25.0 Å². The molecule has 0 unspecified atom stereocenters.